The predicted octanol–water partition coefficient (Wildman–Crippen LogP) is 5.52. The number of carbonyl (C=O) groups is 3. The number of hydrogen-bond donors (Lipinski definition) is 1. The van der Waals surface area contributed by atoms with Crippen LogP contribution in [0.3, 0.4) is 0 Å². The number of hydrogen-bond acceptors (Lipinski definition) is 5. The van der Waals surface area contributed by atoms with Crippen LogP contribution < -0.4 is 9.80 Å². The Labute approximate surface area is 273 Å². The smallest absolute Gasteiger partial charge is 0.251 e. The fourth-order valence-electron chi connectivity index (χ4n) is 7.65. The maximum atomic E-state index is 15.1. The van der Waals surface area contributed by atoms with Crippen molar-refractivity contribution in [2.75, 3.05) is 29.5 Å². The molecule has 3 amide bonds. The number of fused-ring (bicyclic) bond motifs is 1. The van der Waals surface area contributed by atoms with Crippen molar-refractivity contribution in [2.24, 2.45) is 17.8 Å². The monoisotopic (exact) mass is 679 g/mol. The van der Waals surface area contributed by atoms with E-state index in [-0.39, 0.29) is 46.9 Å². The molecule has 0 saturated carbocycles. The molecule has 0 aliphatic carbocycles. The summed E-state index contributed by atoms with van der Waals surface area (Å²) in [5.41, 5.74) is 3.44. The molecule has 0 aromatic heterocycles. The summed E-state index contributed by atoms with van der Waals surface area (Å²) in [7, 11) is 0. The van der Waals surface area contributed by atoms with Gasteiger partial charge in [-0.25, -0.2) is 0 Å². The Morgan fingerprint density at radius 1 is 1.05 bits per heavy atom. The quantitative estimate of drug-likeness (QED) is 0.250. The van der Waals surface area contributed by atoms with Crippen molar-refractivity contribution in [3.63, 3.8) is 0 Å². The van der Waals surface area contributed by atoms with E-state index in [1.54, 1.807) is 38.6 Å². The van der Waals surface area contributed by atoms with Crippen molar-refractivity contribution in [3.8, 4) is 0 Å². The Hall–Kier alpha value is -2.88. The number of nitrogens with zero attached hydrogens (tertiary/aromatic N) is 3. The number of aliphatic hydroxyl groups excluding tert-OH is 1. The second-order valence-corrected chi connectivity index (χ2v) is 15.2. The molecule has 44 heavy (non-hydrogen) atoms. The van der Waals surface area contributed by atoms with Crippen LogP contribution in [0.4, 0.5) is 11.4 Å². The number of thioether (sulfide) groups is 1. The minimum atomic E-state index is -0.865. The summed E-state index contributed by atoms with van der Waals surface area (Å²) in [5, 5.41) is 10.5. The number of rotatable bonds is 11. The number of benzene rings is 2. The van der Waals surface area contributed by atoms with Crippen LogP contribution in [0.5, 0.6) is 0 Å². The number of alkyl halides is 1. The van der Waals surface area contributed by atoms with Crippen molar-refractivity contribution >= 4 is 56.8 Å². The highest BCUT2D eigenvalue weighted by molar-refractivity contribution is 9.09. The van der Waals surface area contributed by atoms with Crippen molar-refractivity contribution in [1.29, 1.82) is 0 Å². The lowest BCUT2D eigenvalue weighted by atomic mass is 9.70. The van der Waals surface area contributed by atoms with Gasteiger partial charge < -0.3 is 19.8 Å². The molecule has 5 rings (SSSR count). The number of anilines is 2. The third kappa shape index (κ3) is 5.14. The zero-order valence-electron chi connectivity index (χ0n) is 25.9. The zero-order chi connectivity index (χ0) is 31.9. The van der Waals surface area contributed by atoms with Gasteiger partial charge in [0, 0.05) is 34.5 Å². The van der Waals surface area contributed by atoms with Crippen LogP contribution in [0.2, 0.25) is 0 Å². The van der Waals surface area contributed by atoms with E-state index in [0.29, 0.717) is 13.0 Å². The molecule has 3 saturated heterocycles. The average Bonchev–Trinajstić information content (AvgIpc) is 3.59. The average molecular weight is 681 g/mol. The highest BCUT2D eigenvalue weighted by Gasteiger charge is 2.76. The lowest BCUT2D eigenvalue weighted by molar-refractivity contribution is -0.142. The summed E-state index contributed by atoms with van der Waals surface area (Å²) in [4.78, 5) is 49.5. The van der Waals surface area contributed by atoms with E-state index in [1.807, 2.05) is 76.2 Å². The van der Waals surface area contributed by atoms with Gasteiger partial charge in [0.2, 0.25) is 11.8 Å². The van der Waals surface area contributed by atoms with Crippen molar-refractivity contribution in [1.82, 2.24) is 4.90 Å². The first-order chi connectivity index (χ1) is 21.0. The maximum absolute atomic E-state index is 15.1. The number of carbonyl (C=O) groups excluding carboxylic acids is 3. The molecule has 3 heterocycles. The summed E-state index contributed by atoms with van der Waals surface area (Å²) in [6.45, 7) is 16.0. The minimum absolute atomic E-state index is 0.0678. The van der Waals surface area contributed by atoms with Crippen LogP contribution in [-0.2, 0) is 14.4 Å². The molecule has 0 radical (unpaired) electrons. The molecule has 3 unspecified atom stereocenters. The molecule has 7 nitrogen and oxygen atoms in total. The van der Waals surface area contributed by atoms with Crippen LogP contribution in [0, 0.1) is 31.6 Å². The molecule has 2 aromatic carbocycles. The first-order valence-corrected chi connectivity index (χ1v) is 17.0. The largest absolute Gasteiger partial charge is 0.394 e. The van der Waals surface area contributed by atoms with Gasteiger partial charge >= 0.3 is 0 Å². The predicted molar refractivity (Wildman–Crippen MR) is 182 cm³/mol. The molecule has 234 valence electrons. The molecule has 9 heteroatoms. The summed E-state index contributed by atoms with van der Waals surface area (Å²) >= 11 is 5.49. The van der Waals surface area contributed by atoms with E-state index < -0.39 is 28.7 Å². The van der Waals surface area contributed by atoms with Gasteiger partial charge in [-0.1, -0.05) is 78.3 Å². The first-order valence-electron chi connectivity index (χ1n) is 15.2. The Kier molecular flexibility index (Phi) is 9.50. The molecular formula is C35H42BrN3O4S. The zero-order valence-corrected chi connectivity index (χ0v) is 28.3. The number of amides is 3. The third-order valence-electron chi connectivity index (χ3n) is 9.49. The Morgan fingerprint density at radius 3 is 2.23 bits per heavy atom. The van der Waals surface area contributed by atoms with Crippen LogP contribution in [-0.4, -0.2) is 74.3 Å². The van der Waals surface area contributed by atoms with Crippen LogP contribution in [0.15, 0.2) is 73.8 Å². The van der Waals surface area contributed by atoms with Gasteiger partial charge in [0.05, 0.1) is 29.2 Å². The second kappa shape index (κ2) is 12.9. The number of aliphatic hydroxyl groups is 1. The molecule has 3 aliphatic heterocycles. The van der Waals surface area contributed by atoms with Crippen LogP contribution in [0.25, 0.3) is 0 Å². The fraction of sp³-hybridized carbons (Fsp3) is 0.457. The van der Waals surface area contributed by atoms with E-state index >= 15 is 4.79 Å². The van der Waals surface area contributed by atoms with Crippen LogP contribution in [0.1, 0.15) is 31.4 Å². The van der Waals surface area contributed by atoms with Gasteiger partial charge in [0.1, 0.15) is 6.04 Å². The number of aryl methyl sites for hydroxylation is 2. The van der Waals surface area contributed by atoms with Crippen molar-refractivity contribution in [2.45, 2.75) is 61.0 Å². The molecule has 2 aromatic rings. The van der Waals surface area contributed by atoms with Gasteiger partial charge in [0.15, 0.2) is 0 Å². The molecule has 1 spiro atoms. The van der Waals surface area contributed by atoms with E-state index in [2.05, 4.69) is 29.1 Å². The fourth-order valence-corrected chi connectivity index (χ4v) is 11.2. The highest BCUT2D eigenvalue weighted by Crippen LogP contribution is 2.68. The van der Waals surface area contributed by atoms with E-state index in [9.17, 15) is 14.7 Å². The van der Waals surface area contributed by atoms with Gasteiger partial charge in [-0.2, -0.15) is 0 Å². The van der Waals surface area contributed by atoms with Gasteiger partial charge in [-0.05, 0) is 49.4 Å². The third-order valence-corrected chi connectivity index (χ3v) is 12.7. The first kappa shape index (κ1) is 32.5. The summed E-state index contributed by atoms with van der Waals surface area (Å²) < 4.78 is -0.845. The van der Waals surface area contributed by atoms with Crippen molar-refractivity contribution in [3.05, 3.63) is 85.0 Å². The Morgan fingerprint density at radius 2 is 1.66 bits per heavy atom. The van der Waals surface area contributed by atoms with Gasteiger partial charge in [-0.3, -0.25) is 14.4 Å². The minimum Gasteiger partial charge on any atom is -0.394 e. The Balaban J connectivity index is 1.66. The number of halogens is 1. The van der Waals surface area contributed by atoms with Gasteiger partial charge in [-0.15, -0.1) is 24.9 Å². The molecule has 2 bridgehead atoms. The summed E-state index contributed by atoms with van der Waals surface area (Å²) in [6.07, 6.45) is 3.96. The highest BCUT2D eigenvalue weighted by atomic mass is 79.9. The summed E-state index contributed by atoms with van der Waals surface area (Å²) in [5.74, 6) is -2.04. The second-order valence-electron chi connectivity index (χ2n) is 12.5. The summed E-state index contributed by atoms with van der Waals surface area (Å²) in [6, 6.07) is 13.9. The number of para-hydroxylation sites is 2. The van der Waals surface area contributed by atoms with Crippen LogP contribution >= 0.6 is 27.7 Å². The van der Waals surface area contributed by atoms with E-state index in [1.165, 1.54) is 0 Å². The van der Waals surface area contributed by atoms with E-state index in [0.717, 1.165) is 22.5 Å². The Bertz CT molecular complexity index is 1430. The van der Waals surface area contributed by atoms with Crippen molar-refractivity contribution < 1.29 is 19.5 Å². The van der Waals surface area contributed by atoms with E-state index in [4.69, 9.17) is 0 Å². The topological polar surface area (TPSA) is 81.2 Å². The standard InChI is InChI=1S/C35H42BrN3O4S/c1-7-17-37(24-15-10-9-11-16-24)32(41)27-28-33(42)39(26(20-40)21(3)4)31(35(28)19-25(36)30(27)44-35)34(43)38(18-8-2)29-22(5)13-12-14-23(29)6/h7-16,21,25-28,30-31,40H,1-2,17-20H2,3-6H3/t25?,26-,27-,28-,30-,31?,35?/m0/s1. The lowest BCUT2D eigenvalue weighted by Gasteiger charge is -2.41. The molecule has 1 N–H and O–H groups in total. The molecule has 3 aliphatic rings. The normalized spacial score (nSPS) is 27.8. The lowest BCUT2D eigenvalue weighted by Crippen LogP contribution is -2.59. The maximum Gasteiger partial charge on any atom is 0.251 e. The molecule has 3 fully saturated rings. The molecule has 7 atom stereocenters. The number of likely N-dealkylation sites (tertiary alicyclic amines) is 1. The van der Waals surface area contributed by atoms with Gasteiger partial charge in [0.25, 0.3) is 5.91 Å². The molecular weight excluding hydrogens is 638 g/mol. The SMILES string of the molecule is C=CCN(C(=O)[C@H]1[C@H]2C(=O)N([C@@H](CO)C(C)C)C(C(=O)N(CC=C)c3c(C)cccc3C)C23CC(Br)[C@@H]1S3)c1ccccc1.